The Morgan fingerprint density at radius 2 is 1.02 bits per heavy atom. The number of rotatable bonds is 4. The largest absolute Gasteiger partial charge is 0.208 e. The Balaban J connectivity index is 1.17. The van der Waals surface area contributed by atoms with Crippen molar-refractivity contribution in [2.75, 3.05) is 0 Å². The molecular formula is C42H29N3S. The summed E-state index contributed by atoms with van der Waals surface area (Å²) in [7, 11) is 0. The predicted molar refractivity (Wildman–Crippen MR) is 192 cm³/mol. The maximum absolute atomic E-state index is 4.96. The quantitative estimate of drug-likeness (QED) is 0.200. The highest BCUT2D eigenvalue weighted by atomic mass is 32.1. The van der Waals surface area contributed by atoms with Gasteiger partial charge in [-0.05, 0) is 51.6 Å². The summed E-state index contributed by atoms with van der Waals surface area (Å²) in [6.45, 7) is 4.68. The van der Waals surface area contributed by atoms with Crippen LogP contribution in [0.4, 0.5) is 0 Å². The van der Waals surface area contributed by atoms with E-state index >= 15 is 0 Å². The average Bonchev–Trinajstić information content (AvgIpc) is 3.60. The summed E-state index contributed by atoms with van der Waals surface area (Å²) in [5.41, 5.74) is 10.9. The molecule has 1 aliphatic rings. The number of thiophene rings is 1. The number of fused-ring (bicyclic) bond motifs is 6. The van der Waals surface area contributed by atoms with Gasteiger partial charge in [0, 0.05) is 42.3 Å². The lowest BCUT2D eigenvalue weighted by Crippen LogP contribution is -2.14. The number of hydrogen-bond donors (Lipinski definition) is 0. The molecule has 0 radical (unpaired) electrons. The highest BCUT2D eigenvalue weighted by molar-refractivity contribution is 7.25. The Labute approximate surface area is 271 Å². The minimum absolute atomic E-state index is 0.0205. The van der Waals surface area contributed by atoms with Crippen molar-refractivity contribution in [3.63, 3.8) is 0 Å². The second-order valence-corrected chi connectivity index (χ2v) is 13.5. The normalized spacial score (nSPS) is 13.2. The molecule has 218 valence electrons. The lowest BCUT2D eigenvalue weighted by Gasteiger charge is -2.21. The number of nitrogens with zero attached hydrogens (tertiary/aromatic N) is 3. The van der Waals surface area contributed by atoms with E-state index in [1.807, 2.05) is 72.0 Å². The average molecular weight is 608 g/mol. The minimum Gasteiger partial charge on any atom is -0.208 e. The van der Waals surface area contributed by atoms with Gasteiger partial charge in [-0.3, -0.25) is 0 Å². The molecular weight excluding hydrogens is 579 g/mol. The molecule has 9 rings (SSSR count). The van der Waals surface area contributed by atoms with Crippen LogP contribution in [0.3, 0.4) is 0 Å². The molecule has 0 aliphatic heterocycles. The van der Waals surface area contributed by atoms with Crippen LogP contribution in [0.2, 0.25) is 0 Å². The first kappa shape index (κ1) is 26.9. The van der Waals surface area contributed by atoms with Crippen LogP contribution in [-0.2, 0) is 5.41 Å². The van der Waals surface area contributed by atoms with Crippen LogP contribution >= 0.6 is 11.3 Å². The molecule has 0 bridgehead atoms. The van der Waals surface area contributed by atoms with Crippen LogP contribution in [0, 0.1) is 0 Å². The summed E-state index contributed by atoms with van der Waals surface area (Å²) in [4.78, 5) is 14.8. The van der Waals surface area contributed by atoms with E-state index in [9.17, 15) is 0 Å². The van der Waals surface area contributed by atoms with Crippen LogP contribution in [0.5, 0.6) is 0 Å². The predicted octanol–water partition coefficient (Wildman–Crippen LogP) is 11.2. The second kappa shape index (κ2) is 10.3. The zero-order valence-electron chi connectivity index (χ0n) is 25.5. The van der Waals surface area contributed by atoms with Gasteiger partial charge >= 0.3 is 0 Å². The van der Waals surface area contributed by atoms with Crippen molar-refractivity contribution in [1.29, 1.82) is 0 Å². The fourth-order valence-corrected chi connectivity index (χ4v) is 8.14. The zero-order chi connectivity index (χ0) is 30.8. The van der Waals surface area contributed by atoms with Crippen molar-refractivity contribution >= 4 is 31.5 Å². The van der Waals surface area contributed by atoms with Crippen molar-refractivity contribution in [1.82, 2.24) is 15.0 Å². The van der Waals surface area contributed by atoms with Gasteiger partial charge in [-0.15, -0.1) is 11.3 Å². The van der Waals surface area contributed by atoms with Gasteiger partial charge in [0.25, 0.3) is 0 Å². The van der Waals surface area contributed by atoms with E-state index in [4.69, 9.17) is 15.0 Å². The first-order valence-corrected chi connectivity index (χ1v) is 16.4. The molecule has 0 fully saturated rings. The Morgan fingerprint density at radius 1 is 0.435 bits per heavy atom. The molecule has 6 aromatic carbocycles. The van der Waals surface area contributed by atoms with Crippen molar-refractivity contribution in [2.24, 2.45) is 0 Å². The molecule has 3 nitrogen and oxygen atoms in total. The van der Waals surface area contributed by atoms with Crippen molar-refractivity contribution in [3.8, 4) is 56.4 Å². The van der Waals surface area contributed by atoms with Gasteiger partial charge in [0.1, 0.15) is 0 Å². The van der Waals surface area contributed by atoms with Gasteiger partial charge in [-0.1, -0.05) is 135 Å². The third kappa shape index (κ3) is 4.22. The van der Waals surface area contributed by atoms with E-state index in [0.717, 1.165) is 16.7 Å². The summed E-state index contributed by atoms with van der Waals surface area (Å²) in [6, 6.07) is 49.5. The van der Waals surface area contributed by atoms with E-state index in [2.05, 4.69) is 92.7 Å². The number of aromatic nitrogens is 3. The highest BCUT2D eigenvalue weighted by Crippen LogP contribution is 2.52. The van der Waals surface area contributed by atoms with Crippen molar-refractivity contribution in [3.05, 3.63) is 151 Å². The Morgan fingerprint density at radius 3 is 1.74 bits per heavy atom. The Hall–Kier alpha value is -5.45. The van der Waals surface area contributed by atoms with E-state index in [1.54, 1.807) is 0 Å². The molecule has 0 saturated carbocycles. The number of benzene rings is 6. The van der Waals surface area contributed by atoms with E-state index in [0.29, 0.717) is 17.5 Å². The molecule has 0 amide bonds. The van der Waals surface area contributed by atoms with E-state index in [1.165, 1.54) is 53.6 Å². The summed E-state index contributed by atoms with van der Waals surface area (Å²) >= 11 is 1.82. The molecule has 8 aromatic rings. The van der Waals surface area contributed by atoms with Gasteiger partial charge in [0.2, 0.25) is 0 Å². The Kier molecular flexibility index (Phi) is 6.02. The smallest absolute Gasteiger partial charge is 0.164 e. The lowest BCUT2D eigenvalue weighted by atomic mass is 9.82. The molecule has 4 heteroatoms. The Bertz CT molecular complexity index is 2380. The molecule has 2 aromatic heterocycles. The van der Waals surface area contributed by atoms with Crippen LogP contribution in [0.25, 0.3) is 76.6 Å². The van der Waals surface area contributed by atoms with Crippen LogP contribution in [0.15, 0.2) is 140 Å². The monoisotopic (exact) mass is 607 g/mol. The number of hydrogen-bond acceptors (Lipinski definition) is 4. The fraction of sp³-hybridized carbons (Fsp3) is 0.0714. The standard InChI is InChI=1S/C42H29N3S/c1-42(2)34-18-10-9-16-32(34)38-30(17-11-19-35(38)42)28-21-23-36-33(24-28)31-22-20-29(25-37(31)46-36)41-44-39(26-12-5-3-6-13-26)43-40(45-41)27-14-7-4-8-15-27/h3-25H,1-2H3. The third-order valence-corrected chi connectivity index (χ3v) is 10.5. The van der Waals surface area contributed by atoms with E-state index in [-0.39, 0.29) is 5.41 Å². The molecule has 1 aliphatic carbocycles. The maximum Gasteiger partial charge on any atom is 0.164 e. The van der Waals surface area contributed by atoms with Gasteiger partial charge in [-0.25, -0.2) is 15.0 Å². The molecule has 2 heterocycles. The molecule has 0 saturated heterocycles. The summed E-state index contributed by atoms with van der Waals surface area (Å²) in [6.07, 6.45) is 0. The maximum atomic E-state index is 4.96. The molecule has 0 spiro atoms. The van der Waals surface area contributed by atoms with Crippen molar-refractivity contribution in [2.45, 2.75) is 19.3 Å². The third-order valence-electron chi connectivity index (χ3n) is 9.35. The first-order valence-electron chi connectivity index (χ1n) is 15.6. The van der Waals surface area contributed by atoms with Gasteiger partial charge in [-0.2, -0.15) is 0 Å². The summed E-state index contributed by atoms with van der Waals surface area (Å²) < 4.78 is 2.49. The topological polar surface area (TPSA) is 38.7 Å². The highest BCUT2D eigenvalue weighted by Gasteiger charge is 2.36. The minimum atomic E-state index is -0.0205. The van der Waals surface area contributed by atoms with Gasteiger partial charge in [0.15, 0.2) is 17.5 Å². The van der Waals surface area contributed by atoms with Crippen LogP contribution < -0.4 is 0 Å². The van der Waals surface area contributed by atoms with Gasteiger partial charge < -0.3 is 0 Å². The first-order chi connectivity index (χ1) is 22.5. The second-order valence-electron chi connectivity index (χ2n) is 12.5. The van der Waals surface area contributed by atoms with Crippen molar-refractivity contribution < 1.29 is 0 Å². The molecule has 0 unspecified atom stereocenters. The SMILES string of the molecule is CC1(C)c2ccccc2-c2c(-c3ccc4sc5cc(-c6nc(-c7ccccc7)nc(-c7ccccc7)n6)ccc5c4c3)cccc21. The molecule has 0 N–H and O–H groups in total. The fourth-order valence-electron chi connectivity index (χ4n) is 7.02. The van der Waals surface area contributed by atoms with E-state index < -0.39 is 0 Å². The molecule has 0 atom stereocenters. The summed E-state index contributed by atoms with van der Waals surface area (Å²) in [5, 5.41) is 2.53. The zero-order valence-corrected chi connectivity index (χ0v) is 26.3. The molecule has 46 heavy (non-hydrogen) atoms. The van der Waals surface area contributed by atoms with Gasteiger partial charge in [0.05, 0.1) is 0 Å². The van der Waals surface area contributed by atoms with Crippen LogP contribution in [0.1, 0.15) is 25.0 Å². The lowest BCUT2D eigenvalue weighted by molar-refractivity contribution is 0.660. The summed E-state index contributed by atoms with van der Waals surface area (Å²) in [5.74, 6) is 2.02. The van der Waals surface area contributed by atoms with Crippen LogP contribution in [-0.4, -0.2) is 15.0 Å².